The number of nitrogens with zero attached hydrogens (tertiary/aromatic N) is 2. The summed E-state index contributed by atoms with van der Waals surface area (Å²) in [5, 5.41) is 6.87. The van der Waals surface area contributed by atoms with Crippen LogP contribution < -0.4 is 15.5 Å². The minimum atomic E-state index is 0. The number of rotatable bonds is 5. The third-order valence-electron chi connectivity index (χ3n) is 4.50. The number of aliphatic imine (C=N–C) groups is 1. The van der Waals surface area contributed by atoms with Gasteiger partial charge >= 0.3 is 0 Å². The molecule has 0 bridgehead atoms. The third-order valence-corrected chi connectivity index (χ3v) is 5.22. The number of benzene rings is 2. The topological polar surface area (TPSA) is 39.7 Å². The van der Waals surface area contributed by atoms with Crippen LogP contribution in [-0.2, 0) is 6.54 Å². The van der Waals surface area contributed by atoms with Gasteiger partial charge in [-0.3, -0.25) is 4.99 Å². The molecule has 6 heteroatoms. The Hall–Kier alpha value is -1.54. The minimum Gasteiger partial charge on any atom is -0.364 e. The Labute approximate surface area is 187 Å². The van der Waals surface area contributed by atoms with Crippen molar-refractivity contribution < 1.29 is 0 Å². The molecular weight excluding hydrogens is 515 g/mol. The van der Waals surface area contributed by atoms with Crippen molar-refractivity contribution in [3.8, 4) is 0 Å². The lowest BCUT2D eigenvalue weighted by Crippen LogP contribution is -2.38. The Morgan fingerprint density at radius 1 is 1.15 bits per heavy atom. The highest BCUT2D eigenvalue weighted by atomic mass is 127. The predicted molar refractivity (Wildman–Crippen MR) is 129 cm³/mol. The molecule has 0 saturated carbocycles. The number of hydrogen-bond donors (Lipinski definition) is 2. The standard InChI is InChI=1S/C21H25BrN4.HI/c1-16(19-10-3-4-11-20(19)22)25-21(23-2)24-15-17-8-7-9-18(14-17)26-12-5-6-13-26;/h3-11,14,16H,12-13,15H2,1-2H3,(H2,23,24,25);1H. The number of hydrogen-bond acceptors (Lipinski definition) is 2. The second-order valence-corrected chi connectivity index (χ2v) is 7.21. The number of anilines is 1. The summed E-state index contributed by atoms with van der Waals surface area (Å²) in [4.78, 5) is 6.71. The predicted octanol–water partition coefficient (Wildman–Crippen LogP) is 4.87. The fourth-order valence-electron chi connectivity index (χ4n) is 3.04. The molecule has 1 atom stereocenters. The highest BCUT2D eigenvalue weighted by Gasteiger charge is 2.11. The quantitative estimate of drug-likeness (QED) is 0.246. The lowest BCUT2D eigenvalue weighted by Gasteiger charge is -2.20. The van der Waals surface area contributed by atoms with E-state index in [1.807, 2.05) is 12.1 Å². The van der Waals surface area contributed by atoms with E-state index in [1.54, 1.807) is 7.05 Å². The first-order valence-corrected chi connectivity index (χ1v) is 9.67. The van der Waals surface area contributed by atoms with E-state index in [4.69, 9.17) is 0 Å². The monoisotopic (exact) mass is 540 g/mol. The third kappa shape index (κ3) is 5.97. The first-order chi connectivity index (χ1) is 12.7. The van der Waals surface area contributed by atoms with E-state index in [9.17, 15) is 0 Å². The van der Waals surface area contributed by atoms with E-state index < -0.39 is 0 Å². The molecule has 4 nitrogen and oxygen atoms in total. The van der Waals surface area contributed by atoms with Crippen LogP contribution in [0.3, 0.4) is 0 Å². The lowest BCUT2D eigenvalue weighted by molar-refractivity contribution is 0.682. The van der Waals surface area contributed by atoms with Crippen molar-refractivity contribution >= 4 is 51.6 Å². The summed E-state index contributed by atoms with van der Waals surface area (Å²) >= 11 is 3.61. The molecule has 1 aliphatic rings. The van der Waals surface area contributed by atoms with Crippen LogP contribution in [0.2, 0.25) is 0 Å². The molecule has 1 unspecified atom stereocenters. The van der Waals surface area contributed by atoms with E-state index in [1.165, 1.54) is 16.8 Å². The molecule has 0 radical (unpaired) electrons. The maximum absolute atomic E-state index is 4.36. The van der Waals surface area contributed by atoms with Gasteiger partial charge < -0.3 is 15.5 Å². The molecule has 3 rings (SSSR count). The van der Waals surface area contributed by atoms with Gasteiger partial charge in [0.25, 0.3) is 0 Å². The van der Waals surface area contributed by atoms with Gasteiger partial charge in [-0.1, -0.05) is 58.4 Å². The van der Waals surface area contributed by atoms with Crippen LogP contribution in [-0.4, -0.2) is 26.1 Å². The zero-order valence-electron chi connectivity index (χ0n) is 15.7. The Kier molecular flexibility index (Phi) is 8.63. The molecule has 1 heterocycles. The maximum atomic E-state index is 4.36. The Morgan fingerprint density at radius 2 is 1.89 bits per heavy atom. The second kappa shape index (κ2) is 10.7. The van der Waals surface area contributed by atoms with Gasteiger partial charge in [0.05, 0.1) is 6.04 Å². The van der Waals surface area contributed by atoms with Crippen LogP contribution in [0.15, 0.2) is 70.1 Å². The molecule has 0 aromatic heterocycles. The van der Waals surface area contributed by atoms with E-state index in [-0.39, 0.29) is 30.0 Å². The SMILES string of the molecule is CN=C(NCc1cccc(N2CC=CC2)c1)NC(C)c1ccccc1Br.I. The van der Waals surface area contributed by atoms with Crippen LogP contribution in [0.5, 0.6) is 0 Å². The average molecular weight is 541 g/mol. The van der Waals surface area contributed by atoms with Crippen molar-refractivity contribution in [2.24, 2.45) is 4.99 Å². The van der Waals surface area contributed by atoms with Crippen LogP contribution in [0.4, 0.5) is 5.69 Å². The number of nitrogens with one attached hydrogen (secondary N) is 2. The molecule has 0 fully saturated rings. The zero-order valence-corrected chi connectivity index (χ0v) is 19.6. The molecular formula is C21H26BrIN4. The molecule has 0 spiro atoms. The van der Waals surface area contributed by atoms with Crippen molar-refractivity contribution in [3.05, 3.63) is 76.3 Å². The normalized spacial score (nSPS) is 14.6. The first kappa shape index (κ1) is 21.8. The molecule has 2 aromatic rings. The molecule has 27 heavy (non-hydrogen) atoms. The fourth-order valence-corrected chi connectivity index (χ4v) is 3.67. The summed E-state index contributed by atoms with van der Waals surface area (Å²) in [6.07, 6.45) is 4.42. The molecule has 2 N–H and O–H groups in total. The largest absolute Gasteiger partial charge is 0.364 e. The molecule has 0 amide bonds. The van der Waals surface area contributed by atoms with Gasteiger partial charge in [0.15, 0.2) is 5.96 Å². The van der Waals surface area contributed by atoms with E-state index in [0.717, 1.165) is 30.1 Å². The van der Waals surface area contributed by atoms with Gasteiger partial charge in [0.1, 0.15) is 0 Å². The Balaban J connectivity index is 0.00000261. The van der Waals surface area contributed by atoms with Crippen molar-refractivity contribution in [3.63, 3.8) is 0 Å². The summed E-state index contributed by atoms with van der Waals surface area (Å²) in [5.41, 5.74) is 3.71. The second-order valence-electron chi connectivity index (χ2n) is 6.36. The maximum Gasteiger partial charge on any atom is 0.191 e. The Bertz CT molecular complexity index is 798. The first-order valence-electron chi connectivity index (χ1n) is 8.88. The van der Waals surface area contributed by atoms with Gasteiger partial charge in [-0.05, 0) is 36.2 Å². The molecule has 1 aliphatic heterocycles. The van der Waals surface area contributed by atoms with Gasteiger partial charge in [-0.25, -0.2) is 0 Å². The van der Waals surface area contributed by atoms with E-state index in [0.29, 0.717) is 0 Å². The van der Waals surface area contributed by atoms with Crippen molar-refractivity contribution in [2.45, 2.75) is 19.5 Å². The highest BCUT2D eigenvalue weighted by molar-refractivity contribution is 14.0. The van der Waals surface area contributed by atoms with Crippen molar-refractivity contribution in [2.75, 3.05) is 25.0 Å². The fraction of sp³-hybridized carbons (Fsp3) is 0.286. The average Bonchev–Trinajstić information content (AvgIpc) is 3.20. The molecule has 144 valence electrons. The van der Waals surface area contributed by atoms with Crippen molar-refractivity contribution in [1.82, 2.24) is 10.6 Å². The number of guanidine groups is 1. The summed E-state index contributed by atoms with van der Waals surface area (Å²) in [6, 6.07) is 17.1. The smallest absolute Gasteiger partial charge is 0.191 e. The summed E-state index contributed by atoms with van der Waals surface area (Å²) < 4.78 is 1.10. The van der Waals surface area contributed by atoms with Crippen LogP contribution in [0.25, 0.3) is 0 Å². The van der Waals surface area contributed by atoms with Crippen LogP contribution >= 0.6 is 39.9 Å². The summed E-state index contributed by atoms with van der Waals surface area (Å²) in [5.74, 6) is 0.793. The summed E-state index contributed by atoms with van der Waals surface area (Å²) in [6.45, 7) is 4.85. The van der Waals surface area contributed by atoms with Gasteiger partial charge in [-0.2, -0.15) is 0 Å². The van der Waals surface area contributed by atoms with Gasteiger partial charge in [0.2, 0.25) is 0 Å². The Morgan fingerprint density at radius 3 is 2.59 bits per heavy atom. The number of halogens is 2. The molecule has 0 aliphatic carbocycles. The lowest BCUT2D eigenvalue weighted by atomic mass is 10.1. The highest BCUT2D eigenvalue weighted by Crippen LogP contribution is 2.22. The van der Waals surface area contributed by atoms with Gasteiger partial charge in [0, 0.05) is 36.8 Å². The molecule has 0 saturated heterocycles. The zero-order chi connectivity index (χ0) is 18.4. The summed E-state index contributed by atoms with van der Waals surface area (Å²) in [7, 11) is 1.80. The van der Waals surface area contributed by atoms with Crippen LogP contribution in [0.1, 0.15) is 24.1 Å². The van der Waals surface area contributed by atoms with Crippen molar-refractivity contribution in [1.29, 1.82) is 0 Å². The minimum absolute atomic E-state index is 0. The molecule has 2 aromatic carbocycles. The van der Waals surface area contributed by atoms with E-state index >= 15 is 0 Å². The van der Waals surface area contributed by atoms with Gasteiger partial charge in [-0.15, -0.1) is 24.0 Å². The van der Waals surface area contributed by atoms with Crippen LogP contribution in [0, 0.1) is 0 Å². The van der Waals surface area contributed by atoms with E-state index in [2.05, 4.69) is 91.9 Å².